The predicted octanol–water partition coefficient (Wildman–Crippen LogP) is 1.28. The summed E-state index contributed by atoms with van der Waals surface area (Å²) in [6, 6.07) is 1.51. The van der Waals surface area contributed by atoms with Crippen LogP contribution in [0.2, 0.25) is 5.02 Å². The highest BCUT2D eigenvalue weighted by Gasteiger charge is 2.15. The Morgan fingerprint density at radius 2 is 2.25 bits per heavy atom. The fourth-order valence-electron chi connectivity index (χ4n) is 1.11. The molecule has 0 fully saturated rings. The summed E-state index contributed by atoms with van der Waals surface area (Å²) >= 11 is 5.82. The quantitative estimate of drug-likeness (QED) is 0.864. The summed E-state index contributed by atoms with van der Waals surface area (Å²) in [5.74, 6) is -1.28. The van der Waals surface area contributed by atoms with Crippen molar-refractivity contribution in [3.63, 3.8) is 0 Å². The second kappa shape index (κ2) is 5.46. The molecule has 1 aromatic heterocycles. The third-order valence-corrected chi connectivity index (χ3v) is 2.34. The number of halogens is 1. The number of carbonyl (C=O) groups is 2. The Labute approximate surface area is 97.7 Å². The number of carboxylic acids is 1. The maximum absolute atomic E-state index is 11.8. The maximum Gasteiger partial charge on any atom is 0.305 e. The molecule has 16 heavy (non-hydrogen) atoms. The first-order valence-electron chi connectivity index (χ1n) is 4.59. The molecule has 1 rings (SSSR count). The summed E-state index contributed by atoms with van der Waals surface area (Å²) < 4.78 is 0. The highest BCUT2D eigenvalue weighted by Crippen LogP contribution is 2.15. The number of hydrogen-bond donors (Lipinski definition) is 1. The summed E-state index contributed by atoms with van der Waals surface area (Å²) in [4.78, 5) is 27.2. The molecular formula is C10H11ClN2O3. The van der Waals surface area contributed by atoms with Crippen molar-refractivity contribution in [2.24, 2.45) is 0 Å². The molecule has 0 radical (unpaired) electrons. The summed E-state index contributed by atoms with van der Waals surface area (Å²) in [5.41, 5.74) is 0.275. The monoisotopic (exact) mass is 242 g/mol. The van der Waals surface area contributed by atoms with E-state index in [4.69, 9.17) is 16.7 Å². The molecule has 0 bridgehead atoms. The van der Waals surface area contributed by atoms with Gasteiger partial charge in [-0.2, -0.15) is 0 Å². The number of pyridine rings is 1. The van der Waals surface area contributed by atoms with Crippen molar-refractivity contribution in [3.8, 4) is 0 Å². The van der Waals surface area contributed by atoms with Gasteiger partial charge in [-0.05, 0) is 6.07 Å². The van der Waals surface area contributed by atoms with Gasteiger partial charge in [0.25, 0.3) is 5.91 Å². The third kappa shape index (κ3) is 3.20. The van der Waals surface area contributed by atoms with E-state index in [1.165, 1.54) is 30.4 Å². The first kappa shape index (κ1) is 12.4. The van der Waals surface area contributed by atoms with E-state index in [0.29, 0.717) is 5.02 Å². The first-order chi connectivity index (χ1) is 7.52. The van der Waals surface area contributed by atoms with Crippen LogP contribution in [-0.4, -0.2) is 40.5 Å². The lowest BCUT2D eigenvalue weighted by Gasteiger charge is -2.16. The average molecular weight is 243 g/mol. The van der Waals surface area contributed by atoms with Crippen molar-refractivity contribution >= 4 is 23.5 Å². The standard InChI is InChI=1S/C10H11ClN2O3/c1-13(5-3-9(14)15)10(16)7-6-12-4-2-8(7)11/h2,4,6H,3,5H2,1H3,(H,14,15). The molecule has 0 aromatic carbocycles. The van der Waals surface area contributed by atoms with Crippen LogP contribution in [0.15, 0.2) is 18.5 Å². The SMILES string of the molecule is CN(CCC(=O)O)C(=O)c1cnccc1Cl. The summed E-state index contributed by atoms with van der Waals surface area (Å²) in [6.45, 7) is 0.138. The maximum atomic E-state index is 11.8. The summed E-state index contributed by atoms with van der Waals surface area (Å²) in [7, 11) is 1.52. The van der Waals surface area contributed by atoms with Gasteiger partial charge in [-0.25, -0.2) is 0 Å². The molecule has 0 unspecified atom stereocenters. The van der Waals surface area contributed by atoms with Gasteiger partial charge in [0.2, 0.25) is 0 Å². The Morgan fingerprint density at radius 3 is 2.81 bits per heavy atom. The van der Waals surface area contributed by atoms with Crippen LogP contribution in [0.25, 0.3) is 0 Å². The fourth-order valence-corrected chi connectivity index (χ4v) is 1.29. The van der Waals surface area contributed by atoms with Crippen LogP contribution in [0, 0.1) is 0 Å². The van der Waals surface area contributed by atoms with Crippen LogP contribution in [-0.2, 0) is 4.79 Å². The van der Waals surface area contributed by atoms with Crippen LogP contribution in [0.4, 0.5) is 0 Å². The molecule has 1 amide bonds. The van der Waals surface area contributed by atoms with E-state index in [0.717, 1.165) is 0 Å². The van der Waals surface area contributed by atoms with Crippen molar-refractivity contribution in [2.45, 2.75) is 6.42 Å². The number of carboxylic acid groups (broad SMARTS) is 1. The third-order valence-electron chi connectivity index (χ3n) is 2.01. The molecular weight excluding hydrogens is 232 g/mol. The Balaban J connectivity index is 2.71. The number of rotatable bonds is 4. The number of aromatic nitrogens is 1. The lowest BCUT2D eigenvalue weighted by atomic mass is 10.2. The Kier molecular flexibility index (Phi) is 4.25. The number of nitrogens with zero attached hydrogens (tertiary/aromatic N) is 2. The van der Waals surface area contributed by atoms with Crippen molar-refractivity contribution in [1.29, 1.82) is 0 Å². The second-order valence-corrected chi connectivity index (χ2v) is 3.63. The summed E-state index contributed by atoms with van der Waals surface area (Å²) in [5, 5.41) is 8.80. The second-order valence-electron chi connectivity index (χ2n) is 3.23. The zero-order chi connectivity index (χ0) is 12.1. The van der Waals surface area contributed by atoms with E-state index in [9.17, 15) is 9.59 Å². The van der Waals surface area contributed by atoms with Gasteiger partial charge in [-0.15, -0.1) is 0 Å². The highest BCUT2D eigenvalue weighted by atomic mass is 35.5. The van der Waals surface area contributed by atoms with Crippen molar-refractivity contribution in [3.05, 3.63) is 29.0 Å². The smallest absolute Gasteiger partial charge is 0.305 e. The molecule has 5 nitrogen and oxygen atoms in total. The number of amides is 1. The van der Waals surface area contributed by atoms with Gasteiger partial charge in [0, 0.05) is 26.0 Å². The van der Waals surface area contributed by atoms with Gasteiger partial charge in [0.1, 0.15) is 0 Å². The van der Waals surface area contributed by atoms with Crippen molar-refractivity contribution in [1.82, 2.24) is 9.88 Å². The van der Waals surface area contributed by atoms with E-state index < -0.39 is 5.97 Å². The van der Waals surface area contributed by atoms with Gasteiger partial charge < -0.3 is 10.0 Å². The van der Waals surface area contributed by atoms with Gasteiger partial charge in [0.15, 0.2) is 0 Å². The molecule has 0 saturated heterocycles. The lowest BCUT2D eigenvalue weighted by molar-refractivity contribution is -0.137. The van der Waals surface area contributed by atoms with Crippen LogP contribution < -0.4 is 0 Å². The van der Waals surface area contributed by atoms with E-state index in [-0.39, 0.29) is 24.4 Å². The van der Waals surface area contributed by atoms with Crippen molar-refractivity contribution < 1.29 is 14.7 Å². The molecule has 1 heterocycles. The number of aliphatic carboxylic acids is 1. The molecule has 1 aromatic rings. The molecule has 0 saturated carbocycles. The minimum Gasteiger partial charge on any atom is -0.481 e. The average Bonchev–Trinajstić information content (AvgIpc) is 2.25. The normalized spacial score (nSPS) is 9.88. The molecule has 1 N–H and O–H groups in total. The number of carbonyl (C=O) groups excluding carboxylic acids is 1. The lowest BCUT2D eigenvalue weighted by Crippen LogP contribution is -2.29. The van der Waals surface area contributed by atoms with Gasteiger partial charge >= 0.3 is 5.97 Å². The van der Waals surface area contributed by atoms with Gasteiger partial charge in [-0.3, -0.25) is 14.6 Å². The number of hydrogen-bond acceptors (Lipinski definition) is 3. The highest BCUT2D eigenvalue weighted by molar-refractivity contribution is 6.33. The molecule has 0 spiro atoms. The largest absolute Gasteiger partial charge is 0.481 e. The van der Waals surface area contributed by atoms with Crippen LogP contribution >= 0.6 is 11.6 Å². The minimum absolute atomic E-state index is 0.0971. The Bertz CT molecular complexity index is 409. The predicted molar refractivity (Wildman–Crippen MR) is 58.5 cm³/mol. The zero-order valence-corrected chi connectivity index (χ0v) is 9.44. The minimum atomic E-state index is -0.947. The summed E-state index contributed by atoms with van der Waals surface area (Å²) in [6.07, 6.45) is 2.75. The van der Waals surface area contributed by atoms with E-state index in [1.54, 1.807) is 0 Å². The molecule has 0 aliphatic carbocycles. The van der Waals surface area contributed by atoms with Gasteiger partial charge in [0.05, 0.1) is 17.0 Å². The molecule has 86 valence electrons. The first-order valence-corrected chi connectivity index (χ1v) is 4.97. The molecule has 0 aliphatic rings. The Morgan fingerprint density at radius 1 is 1.56 bits per heavy atom. The van der Waals surface area contributed by atoms with E-state index in [2.05, 4.69) is 4.98 Å². The Hall–Kier alpha value is -1.62. The topological polar surface area (TPSA) is 70.5 Å². The van der Waals surface area contributed by atoms with Gasteiger partial charge in [-0.1, -0.05) is 11.6 Å². The zero-order valence-electron chi connectivity index (χ0n) is 8.68. The van der Waals surface area contributed by atoms with Crippen LogP contribution in [0.1, 0.15) is 16.8 Å². The fraction of sp³-hybridized carbons (Fsp3) is 0.300. The van der Waals surface area contributed by atoms with Crippen LogP contribution in [0.3, 0.4) is 0 Å². The van der Waals surface area contributed by atoms with Crippen molar-refractivity contribution in [2.75, 3.05) is 13.6 Å². The van der Waals surface area contributed by atoms with Crippen LogP contribution in [0.5, 0.6) is 0 Å². The molecule has 0 atom stereocenters. The molecule has 0 aliphatic heterocycles. The van der Waals surface area contributed by atoms with E-state index in [1.807, 2.05) is 0 Å². The molecule has 6 heteroatoms. The van der Waals surface area contributed by atoms with E-state index >= 15 is 0 Å².